The van der Waals surface area contributed by atoms with Crippen molar-refractivity contribution in [2.75, 3.05) is 31.6 Å². The molecule has 0 fully saturated rings. The summed E-state index contributed by atoms with van der Waals surface area (Å²) in [6, 6.07) is 12.5. The quantitative estimate of drug-likeness (QED) is 0.523. The van der Waals surface area contributed by atoms with Gasteiger partial charge in [-0.3, -0.25) is 4.79 Å². The topological polar surface area (TPSA) is 59.6 Å². The van der Waals surface area contributed by atoms with Crippen molar-refractivity contribution in [1.82, 2.24) is 5.32 Å². The molecule has 0 saturated heterocycles. The molecule has 2 aromatic rings. The Morgan fingerprint density at radius 3 is 2.33 bits per heavy atom. The van der Waals surface area contributed by atoms with Crippen molar-refractivity contribution < 1.29 is 14.3 Å². The summed E-state index contributed by atoms with van der Waals surface area (Å²) < 4.78 is 11.1. The SMILES string of the molecule is CCCCOc1ccc(OCC(=O)NCCNc2ccc(Cl)c(Cl)c2)cc1. The maximum atomic E-state index is 11.8. The highest BCUT2D eigenvalue weighted by Crippen LogP contribution is 2.24. The van der Waals surface area contributed by atoms with Crippen LogP contribution >= 0.6 is 23.2 Å². The van der Waals surface area contributed by atoms with Gasteiger partial charge in [0.15, 0.2) is 6.61 Å². The van der Waals surface area contributed by atoms with Crippen molar-refractivity contribution in [2.24, 2.45) is 0 Å². The van der Waals surface area contributed by atoms with E-state index < -0.39 is 0 Å². The van der Waals surface area contributed by atoms with Crippen LogP contribution < -0.4 is 20.1 Å². The number of nitrogens with one attached hydrogen (secondary N) is 2. The number of halogens is 2. The standard InChI is InChI=1S/C20H24Cl2N2O3/c1-2-3-12-26-16-5-7-17(8-6-16)27-14-20(25)24-11-10-23-15-4-9-18(21)19(22)13-15/h4-9,13,23H,2-3,10-12,14H2,1H3,(H,24,25). The van der Waals surface area contributed by atoms with Gasteiger partial charge in [0.1, 0.15) is 11.5 Å². The molecule has 5 nitrogen and oxygen atoms in total. The first-order valence-electron chi connectivity index (χ1n) is 8.89. The molecule has 0 unspecified atom stereocenters. The molecule has 2 rings (SSSR count). The molecule has 0 aliphatic rings. The average molecular weight is 411 g/mol. The van der Waals surface area contributed by atoms with Gasteiger partial charge in [-0.25, -0.2) is 0 Å². The molecular formula is C20H24Cl2N2O3. The summed E-state index contributed by atoms with van der Waals surface area (Å²) >= 11 is 11.8. The lowest BCUT2D eigenvalue weighted by Gasteiger charge is -2.10. The molecule has 1 amide bonds. The van der Waals surface area contributed by atoms with Gasteiger partial charge in [-0.15, -0.1) is 0 Å². The summed E-state index contributed by atoms with van der Waals surface area (Å²) in [6.07, 6.45) is 2.12. The molecule has 146 valence electrons. The Hall–Kier alpha value is -2.11. The molecule has 0 bridgehead atoms. The van der Waals surface area contributed by atoms with Crippen LogP contribution in [0.2, 0.25) is 10.0 Å². The normalized spacial score (nSPS) is 10.3. The molecule has 0 aliphatic carbocycles. The maximum Gasteiger partial charge on any atom is 0.258 e. The lowest BCUT2D eigenvalue weighted by molar-refractivity contribution is -0.123. The zero-order valence-electron chi connectivity index (χ0n) is 15.3. The minimum Gasteiger partial charge on any atom is -0.494 e. The third-order valence-electron chi connectivity index (χ3n) is 3.66. The second kappa shape index (κ2) is 11.6. The molecule has 2 N–H and O–H groups in total. The summed E-state index contributed by atoms with van der Waals surface area (Å²) in [5, 5.41) is 6.94. The molecule has 7 heteroatoms. The molecule has 0 heterocycles. The fourth-order valence-corrected chi connectivity index (χ4v) is 2.48. The smallest absolute Gasteiger partial charge is 0.258 e. The largest absolute Gasteiger partial charge is 0.494 e. The van der Waals surface area contributed by atoms with E-state index in [4.69, 9.17) is 32.7 Å². The molecule has 2 aromatic carbocycles. The Bertz CT molecular complexity index is 724. The van der Waals surface area contributed by atoms with E-state index in [0.29, 0.717) is 35.5 Å². The van der Waals surface area contributed by atoms with Crippen LogP contribution in [0.5, 0.6) is 11.5 Å². The Labute approximate surface area is 170 Å². The first-order chi connectivity index (χ1) is 13.1. The number of unbranched alkanes of at least 4 members (excludes halogenated alkanes) is 1. The van der Waals surface area contributed by atoms with E-state index in [1.165, 1.54) is 0 Å². The minimum atomic E-state index is -0.186. The second-order valence-corrected chi connectivity index (χ2v) is 6.68. The number of carbonyl (C=O) groups is 1. The van der Waals surface area contributed by atoms with Crippen molar-refractivity contribution in [3.63, 3.8) is 0 Å². The summed E-state index contributed by atoms with van der Waals surface area (Å²) in [7, 11) is 0. The van der Waals surface area contributed by atoms with Gasteiger partial charge in [0.05, 0.1) is 16.7 Å². The van der Waals surface area contributed by atoms with E-state index in [2.05, 4.69) is 17.6 Å². The van der Waals surface area contributed by atoms with Gasteiger partial charge in [0.2, 0.25) is 0 Å². The summed E-state index contributed by atoms with van der Waals surface area (Å²) in [4.78, 5) is 11.8. The molecule has 0 spiro atoms. The third-order valence-corrected chi connectivity index (χ3v) is 4.40. The first-order valence-corrected chi connectivity index (χ1v) is 9.65. The van der Waals surface area contributed by atoms with Crippen molar-refractivity contribution in [3.8, 4) is 11.5 Å². The van der Waals surface area contributed by atoms with Gasteiger partial charge in [0.25, 0.3) is 5.91 Å². The predicted molar refractivity (Wildman–Crippen MR) is 110 cm³/mol. The zero-order valence-corrected chi connectivity index (χ0v) is 16.8. The van der Waals surface area contributed by atoms with Crippen LogP contribution in [0.4, 0.5) is 5.69 Å². The molecular weight excluding hydrogens is 387 g/mol. The summed E-state index contributed by atoms with van der Waals surface area (Å²) in [5.41, 5.74) is 0.844. The molecule has 0 aliphatic heterocycles. The van der Waals surface area contributed by atoms with Crippen LogP contribution in [0.1, 0.15) is 19.8 Å². The molecule has 0 aromatic heterocycles. The first kappa shape index (κ1) is 21.2. The number of rotatable bonds is 11. The van der Waals surface area contributed by atoms with Gasteiger partial charge in [-0.1, -0.05) is 36.5 Å². The summed E-state index contributed by atoms with van der Waals surface area (Å²) in [5.74, 6) is 1.24. The van der Waals surface area contributed by atoms with Crippen LogP contribution in [0.25, 0.3) is 0 Å². The highest BCUT2D eigenvalue weighted by atomic mass is 35.5. The van der Waals surface area contributed by atoms with Gasteiger partial charge in [-0.05, 0) is 48.9 Å². The fourth-order valence-electron chi connectivity index (χ4n) is 2.18. The van der Waals surface area contributed by atoms with E-state index in [1.807, 2.05) is 18.2 Å². The van der Waals surface area contributed by atoms with Crippen molar-refractivity contribution in [3.05, 3.63) is 52.5 Å². The van der Waals surface area contributed by atoms with E-state index in [9.17, 15) is 4.79 Å². The number of hydrogen-bond acceptors (Lipinski definition) is 4. The molecule has 27 heavy (non-hydrogen) atoms. The third kappa shape index (κ3) is 7.97. The number of anilines is 1. The molecule has 0 saturated carbocycles. The van der Waals surface area contributed by atoms with Crippen LogP contribution in [0, 0.1) is 0 Å². The highest BCUT2D eigenvalue weighted by molar-refractivity contribution is 6.42. The lowest BCUT2D eigenvalue weighted by atomic mass is 10.3. The lowest BCUT2D eigenvalue weighted by Crippen LogP contribution is -2.32. The molecule has 0 radical (unpaired) electrons. The van der Waals surface area contributed by atoms with Crippen LogP contribution in [-0.2, 0) is 4.79 Å². The Balaban J connectivity index is 1.62. The van der Waals surface area contributed by atoms with E-state index in [1.54, 1.807) is 24.3 Å². The van der Waals surface area contributed by atoms with Gasteiger partial charge < -0.3 is 20.1 Å². The van der Waals surface area contributed by atoms with Crippen molar-refractivity contribution in [2.45, 2.75) is 19.8 Å². The van der Waals surface area contributed by atoms with Gasteiger partial charge >= 0.3 is 0 Å². The number of benzene rings is 2. The van der Waals surface area contributed by atoms with E-state index in [-0.39, 0.29) is 12.5 Å². The Morgan fingerprint density at radius 1 is 0.963 bits per heavy atom. The Morgan fingerprint density at radius 2 is 1.67 bits per heavy atom. The van der Waals surface area contributed by atoms with Crippen LogP contribution in [0.15, 0.2) is 42.5 Å². The van der Waals surface area contributed by atoms with Gasteiger partial charge in [-0.2, -0.15) is 0 Å². The highest BCUT2D eigenvalue weighted by Gasteiger charge is 2.03. The van der Waals surface area contributed by atoms with E-state index >= 15 is 0 Å². The molecule has 0 atom stereocenters. The average Bonchev–Trinajstić information content (AvgIpc) is 2.67. The van der Waals surface area contributed by atoms with Crippen LogP contribution in [0.3, 0.4) is 0 Å². The van der Waals surface area contributed by atoms with Crippen molar-refractivity contribution >= 4 is 34.8 Å². The van der Waals surface area contributed by atoms with Crippen molar-refractivity contribution in [1.29, 1.82) is 0 Å². The number of hydrogen-bond donors (Lipinski definition) is 2. The zero-order chi connectivity index (χ0) is 19.5. The van der Waals surface area contributed by atoms with Crippen LogP contribution in [-0.4, -0.2) is 32.2 Å². The minimum absolute atomic E-state index is 0.0389. The number of ether oxygens (including phenoxy) is 2. The van der Waals surface area contributed by atoms with Gasteiger partial charge in [0, 0.05) is 18.8 Å². The number of carbonyl (C=O) groups excluding carboxylic acids is 1. The fraction of sp³-hybridized carbons (Fsp3) is 0.350. The van der Waals surface area contributed by atoms with E-state index in [0.717, 1.165) is 24.3 Å². The monoisotopic (exact) mass is 410 g/mol. The number of amides is 1. The maximum absolute atomic E-state index is 11.8. The Kier molecular flexibility index (Phi) is 9.08. The predicted octanol–water partition coefficient (Wildman–Crippen LogP) is 4.78. The second-order valence-electron chi connectivity index (χ2n) is 5.87. The summed E-state index contributed by atoms with van der Waals surface area (Å²) in [6.45, 7) is 3.81.